The summed E-state index contributed by atoms with van der Waals surface area (Å²) in [6, 6.07) is 14.8. The zero-order valence-corrected chi connectivity index (χ0v) is 23.8. The molecule has 4 heterocycles. The third-order valence-corrected chi connectivity index (χ3v) is 10.7. The minimum absolute atomic E-state index is 0.0286. The van der Waals surface area contributed by atoms with Crippen molar-refractivity contribution in [2.45, 2.75) is 61.2 Å². The molecule has 0 spiro atoms. The van der Waals surface area contributed by atoms with Crippen molar-refractivity contribution in [3.05, 3.63) is 69.4 Å². The van der Waals surface area contributed by atoms with E-state index in [0.29, 0.717) is 24.3 Å². The standard InChI is InChI=1S/C30H30N4O4S2/c1-30-12-20(29(37)32-14-19-10-17-8-9-31-15-25(17)39-19)34(26(30)13-30)27(35)16-33-28(36)18-6-7-24-22(11-18)38-21-4-2-3-5-23(21)40-24/h2-7,10-11,20,26,31H,8-9,12-16H2,1H3,(H,32,37)(H,33,36)/t20-,26-,30+/m0/s1. The van der Waals surface area contributed by atoms with Gasteiger partial charge in [0, 0.05) is 27.9 Å². The lowest BCUT2D eigenvalue weighted by molar-refractivity contribution is -0.139. The molecule has 7 rings (SSSR count). The Balaban J connectivity index is 0.978. The van der Waals surface area contributed by atoms with E-state index in [4.69, 9.17) is 4.74 Å². The van der Waals surface area contributed by atoms with Crippen LogP contribution in [0.1, 0.15) is 45.4 Å². The number of nitrogens with one attached hydrogen (secondary N) is 3. The van der Waals surface area contributed by atoms with Crippen LogP contribution >= 0.6 is 23.1 Å². The lowest BCUT2D eigenvalue weighted by Crippen LogP contribution is -2.50. The van der Waals surface area contributed by atoms with Gasteiger partial charge in [-0.05, 0) is 73.2 Å². The zero-order valence-electron chi connectivity index (χ0n) is 22.1. The van der Waals surface area contributed by atoms with Crippen LogP contribution in [0.3, 0.4) is 0 Å². The SMILES string of the molecule is C[C@@]12C[C@@H]1N(C(=O)CNC(=O)c1ccc3c(c1)Oc1ccccc1S3)[C@H](C(=O)NCc1cc3c(s1)CNCC3)C2. The van der Waals surface area contributed by atoms with Crippen LogP contribution in [0.15, 0.2) is 58.3 Å². The van der Waals surface area contributed by atoms with Crippen molar-refractivity contribution in [1.29, 1.82) is 0 Å². The number of hydrogen-bond acceptors (Lipinski definition) is 7. The molecule has 2 fully saturated rings. The Labute approximate surface area is 240 Å². The molecule has 3 N–H and O–H groups in total. The van der Waals surface area contributed by atoms with Gasteiger partial charge in [0.25, 0.3) is 5.91 Å². The molecule has 0 radical (unpaired) electrons. The molecule has 10 heteroatoms. The number of thiophene rings is 1. The van der Waals surface area contributed by atoms with Crippen molar-refractivity contribution >= 4 is 40.8 Å². The quantitative estimate of drug-likeness (QED) is 0.321. The Morgan fingerprint density at radius 2 is 1.93 bits per heavy atom. The third-order valence-electron chi connectivity index (χ3n) is 8.36. The van der Waals surface area contributed by atoms with E-state index in [2.05, 4.69) is 28.9 Å². The van der Waals surface area contributed by atoms with Gasteiger partial charge in [-0.3, -0.25) is 14.4 Å². The van der Waals surface area contributed by atoms with Gasteiger partial charge in [-0.2, -0.15) is 0 Å². The summed E-state index contributed by atoms with van der Waals surface area (Å²) in [6.07, 6.45) is 2.56. The lowest BCUT2D eigenvalue weighted by atomic mass is 10.0. The van der Waals surface area contributed by atoms with Crippen LogP contribution in [0.25, 0.3) is 0 Å². The van der Waals surface area contributed by atoms with Gasteiger partial charge in [0.2, 0.25) is 11.8 Å². The van der Waals surface area contributed by atoms with Gasteiger partial charge in [0.05, 0.1) is 22.9 Å². The van der Waals surface area contributed by atoms with E-state index in [1.54, 1.807) is 40.1 Å². The molecule has 3 aromatic rings. The van der Waals surface area contributed by atoms with Crippen LogP contribution in [-0.4, -0.2) is 47.8 Å². The maximum Gasteiger partial charge on any atom is 0.251 e. The first kappa shape index (κ1) is 25.6. The van der Waals surface area contributed by atoms with Crippen molar-refractivity contribution in [2.75, 3.05) is 13.1 Å². The molecule has 0 bridgehead atoms. The second kappa shape index (κ2) is 9.94. The molecular formula is C30H30N4O4S2. The number of benzene rings is 2. The molecule has 1 aromatic heterocycles. The molecule has 2 aromatic carbocycles. The summed E-state index contributed by atoms with van der Waals surface area (Å²) in [5, 5.41) is 9.23. The summed E-state index contributed by atoms with van der Waals surface area (Å²) in [7, 11) is 0. The van der Waals surface area contributed by atoms with Crippen LogP contribution < -0.4 is 20.7 Å². The van der Waals surface area contributed by atoms with Crippen molar-refractivity contribution in [1.82, 2.24) is 20.9 Å². The predicted octanol–water partition coefficient (Wildman–Crippen LogP) is 4.08. The minimum Gasteiger partial charge on any atom is -0.455 e. The van der Waals surface area contributed by atoms with Crippen molar-refractivity contribution in [2.24, 2.45) is 5.41 Å². The molecule has 1 saturated heterocycles. The molecule has 1 saturated carbocycles. The van der Waals surface area contributed by atoms with Gasteiger partial charge in [0.15, 0.2) is 0 Å². The minimum atomic E-state index is -0.515. The second-order valence-electron chi connectivity index (χ2n) is 11.2. The number of carbonyl (C=O) groups is 3. The molecule has 8 nitrogen and oxygen atoms in total. The smallest absolute Gasteiger partial charge is 0.251 e. The first-order valence-electron chi connectivity index (χ1n) is 13.6. The molecule has 0 unspecified atom stereocenters. The highest BCUT2D eigenvalue weighted by Gasteiger charge is 2.64. The van der Waals surface area contributed by atoms with E-state index >= 15 is 0 Å². The first-order valence-corrected chi connectivity index (χ1v) is 15.3. The zero-order chi connectivity index (χ0) is 27.4. The number of piperidine rings is 1. The van der Waals surface area contributed by atoms with Crippen LogP contribution in [-0.2, 0) is 29.1 Å². The van der Waals surface area contributed by atoms with E-state index in [9.17, 15) is 14.4 Å². The number of rotatable bonds is 6. The van der Waals surface area contributed by atoms with E-state index in [1.165, 1.54) is 10.4 Å². The monoisotopic (exact) mass is 574 g/mol. The third kappa shape index (κ3) is 4.67. The Morgan fingerprint density at radius 1 is 1.07 bits per heavy atom. The molecule has 40 heavy (non-hydrogen) atoms. The predicted molar refractivity (Wildman–Crippen MR) is 153 cm³/mol. The molecule has 206 valence electrons. The number of hydrogen-bond donors (Lipinski definition) is 3. The molecule has 3 amide bonds. The van der Waals surface area contributed by atoms with Crippen molar-refractivity contribution in [3.8, 4) is 11.5 Å². The van der Waals surface area contributed by atoms with E-state index in [1.807, 2.05) is 30.3 Å². The number of para-hydroxylation sites is 1. The fourth-order valence-corrected chi connectivity index (χ4v) is 8.13. The summed E-state index contributed by atoms with van der Waals surface area (Å²) in [6.45, 7) is 4.31. The first-order chi connectivity index (χ1) is 19.4. The molecule has 3 aliphatic heterocycles. The Hall–Kier alpha value is -3.34. The summed E-state index contributed by atoms with van der Waals surface area (Å²) in [5.74, 6) is 0.682. The Morgan fingerprint density at radius 3 is 2.80 bits per heavy atom. The second-order valence-corrected chi connectivity index (χ2v) is 13.5. The summed E-state index contributed by atoms with van der Waals surface area (Å²) in [5.41, 5.74) is 1.76. The number of fused-ring (bicyclic) bond motifs is 4. The van der Waals surface area contributed by atoms with Gasteiger partial charge in [0.1, 0.15) is 17.5 Å². The van der Waals surface area contributed by atoms with E-state index < -0.39 is 6.04 Å². The summed E-state index contributed by atoms with van der Waals surface area (Å²) >= 11 is 3.33. The van der Waals surface area contributed by atoms with Crippen LogP contribution in [0, 0.1) is 5.41 Å². The van der Waals surface area contributed by atoms with Gasteiger partial charge in [-0.25, -0.2) is 0 Å². The Kier molecular flexibility index (Phi) is 6.36. The summed E-state index contributed by atoms with van der Waals surface area (Å²) in [4.78, 5) is 45.7. The average molecular weight is 575 g/mol. The largest absolute Gasteiger partial charge is 0.455 e. The highest BCUT2D eigenvalue weighted by atomic mass is 32.2. The molecular weight excluding hydrogens is 544 g/mol. The van der Waals surface area contributed by atoms with Gasteiger partial charge in [-0.1, -0.05) is 30.8 Å². The fourth-order valence-electron chi connectivity index (χ4n) is 6.07. The number of ether oxygens (including phenoxy) is 1. The highest BCUT2D eigenvalue weighted by molar-refractivity contribution is 7.99. The van der Waals surface area contributed by atoms with Crippen LogP contribution in [0.5, 0.6) is 11.5 Å². The van der Waals surface area contributed by atoms with Crippen molar-refractivity contribution in [3.63, 3.8) is 0 Å². The average Bonchev–Trinajstić information content (AvgIpc) is 3.30. The molecule has 3 atom stereocenters. The number of amides is 3. The number of likely N-dealkylation sites (tertiary alicyclic amines) is 1. The van der Waals surface area contributed by atoms with E-state index in [-0.39, 0.29) is 35.7 Å². The highest BCUT2D eigenvalue weighted by Crippen LogP contribution is 2.59. The number of carbonyl (C=O) groups excluding carboxylic acids is 3. The fraction of sp³-hybridized carbons (Fsp3) is 0.367. The normalized spacial score (nSPS) is 23.7. The van der Waals surface area contributed by atoms with Crippen LogP contribution in [0.4, 0.5) is 0 Å². The lowest BCUT2D eigenvalue weighted by Gasteiger charge is -2.27. The number of nitrogens with zero attached hydrogens (tertiary/aromatic N) is 1. The molecule has 4 aliphatic rings. The summed E-state index contributed by atoms with van der Waals surface area (Å²) < 4.78 is 6.00. The maximum absolute atomic E-state index is 13.4. The maximum atomic E-state index is 13.4. The molecule has 1 aliphatic carbocycles. The van der Waals surface area contributed by atoms with Gasteiger partial charge in [-0.15, -0.1) is 11.3 Å². The van der Waals surface area contributed by atoms with Crippen LogP contribution in [0.2, 0.25) is 0 Å². The topological polar surface area (TPSA) is 99.8 Å². The van der Waals surface area contributed by atoms with Crippen molar-refractivity contribution < 1.29 is 19.1 Å². The van der Waals surface area contributed by atoms with E-state index in [0.717, 1.165) is 46.3 Å². The Bertz CT molecular complexity index is 1510. The van der Waals surface area contributed by atoms with Gasteiger partial charge < -0.3 is 25.6 Å². The van der Waals surface area contributed by atoms with Gasteiger partial charge >= 0.3 is 0 Å².